The topological polar surface area (TPSA) is 79.7 Å². The van der Waals surface area contributed by atoms with Gasteiger partial charge in [0.2, 0.25) is 0 Å². The molecule has 1 aliphatic rings. The Balaban J connectivity index is 2.51. The summed E-state index contributed by atoms with van der Waals surface area (Å²) in [6, 6.07) is 0. The van der Waals surface area contributed by atoms with E-state index in [0.717, 1.165) is 31.9 Å². The highest BCUT2D eigenvalue weighted by Crippen LogP contribution is 2.06. The first kappa shape index (κ1) is 10.6. The summed E-state index contributed by atoms with van der Waals surface area (Å²) in [5, 5.41) is 3.26. The number of nitrogens with zero attached hydrogens (tertiary/aromatic N) is 2. The van der Waals surface area contributed by atoms with E-state index in [9.17, 15) is 0 Å². The Bertz CT molecular complexity index is 250. The number of hydrogen-bond donors (Lipinski definition) is 3. The van der Waals surface area contributed by atoms with Gasteiger partial charge in [0.15, 0.2) is 0 Å². The summed E-state index contributed by atoms with van der Waals surface area (Å²) in [5.41, 5.74) is 11.6. The van der Waals surface area contributed by atoms with Crippen molar-refractivity contribution in [2.24, 2.45) is 16.5 Å². The summed E-state index contributed by atoms with van der Waals surface area (Å²) in [7, 11) is 0. The number of allylic oxidation sites excluding steroid dienone is 1. The molecule has 5 N–H and O–H groups in total. The van der Waals surface area contributed by atoms with E-state index in [2.05, 4.69) is 21.8 Å². The van der Waals surface area contributed by atoms with Gasteiger partial charge in [-0.1, -0.05) is 6.58 Å². The summed E-state index contributed by atoms with van der Waals surface area (Å²) >= 11 is 0. The third-order valence-electron chi connectivity index (χ3n) is 2.06. The third kappa shape index (κ3) is 3.10. The van der Waals surface area contributed by atoms with Crippen LogP contribution in [0.5, 0.6) is 0 Å². The Morgan fingerprint density at radius 3 is 2.64 bits per heavy atom. The molecular formula is C9H17N5. The monoisotopic (exact) mass is 195 g/mol. The quantitative estimate of drug-likeness (QED) is 0.313. The molecule has 0 unspecified atom stereocenters. The zero-order valence-corrected chi connectivity index (χ0v) is 8.24. The smallest absolute Gasteiger partial charge is 0.127 e. The van der Waals surface area contributed by atoms with Crippen molar-refractivity contribution in [1.82, 2.24) is 10.2 Å². The molecule has 0 aromatic heterocycles. The highest BCUT2D eigenvalue weighted by atomic mass is 15.2. The van der Waals surface area contributed by atoms with E-state index in [0.29, 0.717) is 5.82 Å². The van der Waals surface area contributed by atoms with Gasteiger partial charge in [-0.2, -0.15) is 0 Å². The lowest BCUT2D eigenvalue weighted by atomic mass is 10.3. The lowest BCUT2D eigenvalue weighted by Gasteiger charge is -2.29. The molecule has 0 atom stereocenters. The Labute approximate surface area is 84.2 Å². The summed E-state index contributed by atoms with van der Waals surface area (Å²) in [6.45, 7) is 7.79. The van der Waals surface area contributed by atoms with E-state index >= 15 is 0 Å². The average Bonchev–Trinajstić information content (AvgIpc) is 2.19. The van der Waals surface area contributed by atoms with Crippen LogP contribution in [0.25, 0.3) is 0 Å². The molecule has 0 bridgehead atoms. The Morgan fingerprint density at radius 2 is 2.07 bits per heavy atom. The van der Waals surface area contributed by atoms with Crippen LogP contribution in [0.4, 0.5) is 0 Å². The second-order valence-corrected chi connectivity index (χ2v) is 3.08. The van der Waals surface area contributed by atoms with Gasteiger partial charge in [0.1, 0.15) is 5.82 Å². The van der Waals surface area contributed by atoms with Crippen molar-refractivity contribution < 1.29 is 0 Å². The van der Waals surface area contributed by atoms with Crippen LogP contribution >= 0.6 is 0 Å². The highest BCUT2D eigenvalue weighted by Gasteiger charge is 2.09. The first-order chi connectivity index (χ1) is 6.74. The Kier molecular flexibility index (Phi) is 4.00. The molecule has 1 aliphatic heterocycles. The lowest BCUT2D eigenvalue weighted by Crippen LogP contribution is -2.42. The molecule has 1 rings (SSSR count). The second kappa shape index (κ2) is 5.29. The van der Waals surface area contributed by atoms with E-state index < -0.39 is 0 Å². The molecule has 0 saturated carbocycles. The SMILES string of the molecule is C=C(/C=C(/N)N=CN)N1CCNCC1. The predicted molar refractivity (Wildman–Crippen MR) is 58.5 cm³/mol. The number of aliphatic imine (C=N–C) groups is 1. The molecule has 0 spiro atoms. The van der Waals surface area contributed by atoms with Gasteiger partial charge in [-0.15, -0.1) is 0 Å². The molecule has 0 aromatic carbocycles. The fraction of sp³-hybridized carbons (Fsp3) is 0.444. The van der Waals surface area contributed by atoms with Gasteiger partial charge in [0, 0.05) is 38.0 Å². The number of nitrogens with two attached hydrogens (primary N) is 2. The second-order valence-electron chi connectivity index (χ2n) is 3.08. The Hall–Kier alpha value is -1.49. The van der Waals surface area contributed by atoms with Crippen LogP contribution in [-0.2, 0) is 0 Å². The van der Waals surface area contributed by atoms with Crippen LogP contribution < -0.4 is 16.8 Å². The van der Waals surface area contributed by atoms with Gasteiger partial charge in [-0.3, -0.25) is 0 Å². The van der Waals surface area contributed by atoms with Crippen LogP contribution in [0.15, 0.2) is 29.2 Å². The summed E-state index contributed by atoms with van der Waals surface area (Å²) in [5.74, 6) is 0.385. The molecule has 14 heavy (non-hydrogen) atoms. The minimum absolute atomic E-state index is 0.385. The number of rotatable bonds is 3. The number of nitrogens with one attached hydrogen (secondary N) is 1. The molecule has 1 fully saturated rings. The van der Waals surface area contributed by atoms with Crippen LogP contribution in [0.2, 0.25) is 0 Å². The maximum Gasteiger partial charge on any atom is 0.127 e. The summed E-state index contributed by atoms with van der Waals surface area (Å²) in [4.78, 5) is 5.91. The van der Waals surface area contributed by atoms with Gasteiger partial charge in [-0.25, -0.2) is 4.99 Å². The first-order valence-corrected chi connectivity index (χ1v) is 4.60. The third-order valence-corrected chi connectivity index (χ3v) is 2.06. The predicted octanol–water partition coefficient (Wildman–Crippen LogP) is -0.808. The normalized spacial score (nSPS) is 18.9. The lowest BCUT2D eigenvalue weighted by molar-refractivity contribution is 0.308. The zero-order chi connectivity index (χ0) is 10.4. The minimum atomic E-state index is 0.385. The maximum absolute atomic E-state index is 5.57. The van der Waals surface area contributed by atoms with Crippen molar-refractivity contribution in [3.05, 3.63) is 24.2 Å². The largest absolute Gasteiger partial charge is 0.390 e. The summed E-state index contributed by atoms with van der Waals surface area (Å²) < 4.78 is 0. The van der Waals surface area contributed by atoms with E-state index in [4.69, 9.17) is 11.5 Å². The average molecular weight is 195 g/mol. The van der Waals surface area contributed by atoms with Gasteiger partial charge in [0.25, 0.3) is 0 Å². The van der Waals surface area contributed by atoms with Gasteiger partial charge >= 0.3 is 0 Å². The molecule has 0 aromatic rings. The summed E-state index contributed by atoms with van der Waals surface area (Å²) in [6.07, 6.45) is 2.91. The molecule has 78 valence electrons. The molecule has 1 saturated heterocycles. The van der Waals surface area contributed by atoms with E-state index in [1.54, 1.807) is 6.08 Å². The van der Waals surface area contributed by atoms with Gasteiger partial charge in [-0.05, 0) is 0 Å². The maximum atomic E-state index is 5.57. The molecular weight excluding hydrogens is 178 g/mol. The number of hydrogen-bond acceptors (Lipinski definition) is 4. The molecule has 5 heteroatoms. The molecule has 0 radical (unpaired) electrons. The van der Waals surface area contributed by atoms with Crippen molar-refractivity contribution in [3.8, 4) is 0 Å². The van der Waals surface area contributed by atoms with Crippen LogP contribution in [-0.4, -0.2) is 37.4 Å². The van der Waals surface area contributed by atoms with Crippen LogP contribution in [0.3, 0.4) is 0 Å². The van der Waals surface area contributed by atoms with Crippen molar-refractivity contribution in [3.63, 3.8) is 0 Å². The van der Waals surface area contributed by atoms with Gasteiger partial charge < -0.3 is 21.7 Å². The molecule has 0 amide bonds. The first-order valence-electron chi connectivity index (χ1n) is 4.60. The standard InChI is InChI=1S/C9H17N5/c1-8(6-9(11)13-7-10)14-4-2-12-3-5-14/h6-7,12H,1-5,11H2,(H2,10,13)/b9-6-. The Morgan fingerprint density at radius 1 is 1.43 bits per heavy atom. The number of piperazine rings is 1. The van der Waals surface area contributed by atoms with Crippen molar-refractivity contribution in [2.45, 2.75) is 0 Å². The fourth-order valence-corrected chi connectivity index (χ4v) is 1.34. The minimum Gasteiger partial charge on any atom is -0.390 e. The molecule has 0 aliphatic carbocycles. The van der Waals surface area contributed by atoms with Crippen molar-refractivity contribution >= 4 is 6.34 Å². The van der Waals surface area contributed by atoms with Gasteiger partial charge in [0.05, 0.1) is 6.34 Å². The van der Waals surface area contributed by atoms with Crippen LogP contribution in [0, 0.1) is 0 Å². The molecule has 5 nitrogen and oxygen atoms in total. The van der Waals surface area contributed by atoms with Crippen molar-refractivity contribution in [2.75, 3.05) is 26.2 Å². The van der Waals surface area contributed by atoms with E-state index in [1.165, 1.54) is 6.34 Å². The fourth-order valence-electron chi connectivity index (χ4n) is 1.34. The molecule has 1 heterocycles. The van der Waals surface area contributed by atoms with E-state index in [-0.39, 0.29) is 0 Å². The van der Waals surface area contributed by atoms with Crippen LogP contribution in [0.1, 0.15) is 0 Å². The van der Waals surface area contributed by atoms with E-state index in [1.807, 2.05) is 0 Å². The zero-order valence-electron chi connectivity index (χ0n) is 8.24. The highest BCUT2D eigenvalue weighted by molar-refractivity contribution is 5.53. The van der Waals surface area contributed by atoms with Crippen molar-refractivity contribution in [1.29, 1.82) is 0 Å².